The van der Waals surface area contributed by atoms with Gasteiger partial charge in [0.1, 0.15) is 17.1 Å². The quantitative estimate of drug-likeness (QED) is 0.107. The molecular weight excluding hydrogens is 851 g/mol. The first-order valence-electron chi connectivity index (χ1n) is 22.4. The summed E-state index contributed by atoms with van der Waals surface area (Å²) >= 11 is 6.25. The molecule has 342 valence electrons. The third-order valence-corrected chi connectivity index (χ3v) is 13.9. The number of likely N-dealkylation sites (tertiary alicyclic amines) is 1. The van der Waals surface area contributed by atoms with E-state index >= 15 is 0 Å². The Hall–Kier alpha value is -6.13. The third-order valence-electron chi connectivity index (χ3n) is 13.5. The highest BCUT2D eigenvalue weighted by atomic mass is 35.5. The van der Waals surface area contributed by atoms with Gasteiger partial charge in [0.05, 0.1) is 29.4 Å². The number of hydrogen-bond acceptors (Lipinski definition) is 10. The number of urea groups is 1. The SMILES string of the molecule is CNC(=O)c1cnc2c(NC)cc(N3CCc4c(-c5ccc(CC6CC7(CCN(C(=O)c8cc(F)c(Cl)c(N(CCC=O)C(=O)NC)c8)CC7)C6)cn5)cccc43)nn12.COC1CCC1. The van der Waals surface area contributed by atoms with Crippen molar-refractivity contribution in [3.05, 3.63) is 94.1 Å². The molecule has 3 aromatic heterocycles. The van der Waals surface area contributed by atoms with Crippen LogP contribution in [-0.4, -0.2) is 109 Å². The number of ether oxygens (including phenoxy) is 1. The fourth-order valence-electron chi connectivity index (χ4n) is 9.74. The van der Waals surface area contributed by atoms with Crippen molar-refractivity contribution in [2.45, 2.75) is 70.3 Å². The van der Waals surface area contributed by atoms with Crippen molar-refractivity contribution < 1.29 is 28.3 Å². The van der Waals surface area contributed by atoms with E-state index in [1.54, 1.807) is 23.6 Å². The lowest BCUT2D eigenvalue weighted by molar-refractivity contribution is -0.107. The fourth-order valence-corrected chi connectivity index (χ4v) is 9.95. The molecule has 2 saturated carbocycles. The minimum Gasteiger partial charge on any atom is -0.385 e. The zero-order valence-electron chi connectivity index (χ0n) is 37.3. The van der Waals surface area contributed by atoms with E-state index in [-0.39, 0.29) is 46.5 Å². The van der Waals surface area contributed by atoms with Crippen LogP contribution in [0.2, 0.25) is 5.02 Å². The average Bonchev–Trinajstić information content (AvgIpc) is 3.94. The van der Waals surface area contributed by atoms with Crippen LogP contribution in [0.3, 0.4) is 0 Å². The van der Waals surface area contributed by atoms with Gasteiger partial charge in [0, 0.05) is 89.9 Å². The van der Waals surface area contributed by atoms with E-state index in [2.05, 4.69) is 50.1 Å². The van der Waals surface area contributed by atoms with E-state index in [4.69, 9.17) is 26.4 Å². The number of hydrogen-bond donors (Lipinski definition) is 3. The van der Waals surface area contributed by atoms with Crippen molar-refractivity contribution in [3.8, 4) is 11.3 Å². The van der Waals surface area contributed by atoms with Crippen LogP contribution in [0.5, 0.6) is 0 Å². The number of carbonyl (C=O) groups is 4. The fraction of sp³-hybridized carbons (Fsp3) is 0.438. The predicted molar refractivity (Wildman–Crippen MR) is 249 cm³/mol. The molecule has 4 aliphatic rings. The van der Waals surface area contributed by atoms with Gasteiger partial charge in [-0.15, -0.1) is 5.10 Å². The van der Waals surface area contributed by atoms with Gasteiger partial charge in [0.15, 0.2) is 17.2 Å². The number of piperidine rings is 1. The maximum absolute atomic E-state index is 15.0. The zero-order valence-corrected chi connectivity index (χ0v) is 38.1. The Morgan fingerprint density at radius 3 is 2.42 bits per heavy atom. The highest BCUT2D eigenvalue weighted by molar-refractivity contribution is 6.34. The number of aromatic nitrogens is 4. The van der Waals surface area contributed by atoms with Crippen molar-refractivity contribution >= 4 is 64.3 Å². The predicted octanol–water partition coefficient (Wildman–Crippen LogP) is 7.47. The molecule has 5 aromatic rings. The molecule has 65 heavy (non-hydrogen) atoms. The minimum absolute atomic E-state index is 0.00580. The molecule has 4 amide bonds. The Morgan fingerprint density at radius 1 is 1.00 bits per heavy atom. The van der Waals surface area contributed by atoms with E-state index in [0.29, 0.717) is 48.6 Å². The number of imidazole rings is 1. The maximum Gasteiger partial charge on any atom is 0.321 e. The lowest BCUT2D eigenvalue weighted by Crippen LogP contribution is -2.49. The number of anilines is 4. The highest BCUT2D eigenvalue weighted by Gasteiger charge is 2.46. The molecular formula is C48H56ClFN10O5. The third kappa shape index (κ3) is 9.23. The largest absolute Gasteiger partial charge is 0.385 e. The second-order valence-electron chi connectivity index (χ2n) is 17.4. The van der Waals surface area contributed by atoms with Crippen LogP contribution in [0.1, 0.15) is 83.3 Å². The second-order valence-corrected chi connectivity index (χ2v) is 17.8. The van der Waals surface area contributed by atoms with Crippen molar-refractivity contribution in [3.63, 3.8) is 0 Å². The number of fused-ring (bicyclic) bond motifs is 2. The summed E-state index contributed by atoms with van der Waals surface area (Å²) < 4.78 is 21.6. The first kappa shape index (κ1) is 45.4. The van der Waals surface area contributed by atoms with Crippen LogP contribution >= 0.6 is 11.6 Å². The summed E-state index contributed by atoms with van der Waals surface area (Å²) in [4.78, 5) is 64.2. The zero-order chi connectivity index (χ0) is 45.8. The summed E-state index contributed by atoms with van der Waals surface area (Å²) in [6.07, 6.45) is 14.4. The van der Waals surface area contributed by atoms with E-state index < -0.39 is 11.8 Å². The number of nitrogens with zero attached hydrogens (tertiary/aromatic N) is 7. The van der Waals surface area contributed by atoms with E-state index in [9.17, 15) is 23.6 Å². The number of rotatable bonds is 12. The molecule has 3 fully saturated rings. The Labute approximate surface area is 383 Å². The Bertz CT molecular complexity index is 2560. The highest BCUT2D eigenvalue weighted by Crippen LogP contribution is 2.53. The molecule has 17 heteroatoms. The van der Waals surface area contributed by atoms with Gasteiger partial charge in [0.2, 0.25) is 0 Å². The van der Waals surface area contributed by atoms with Crippen molar-refractivity contribution in [2.24, 2.45) is 11.3 Å². The lowest BCUT2D eigenvalue weighted by atomic mass is 9.56. The first-order chi connectivity index (χ1) is 31.5. The minimum atomic E-state index is -0.801. The maximum atomic E-state index is 15.0. The van der Waals surface area contributed by atoms with Crippen LogP contribution in [0, 0.1) is 17.2 Å². The number of amides is 4. The monoisotopic (exact) mass is 906 g/mol. The van der Waals surface area contributed by atoms with Crippen LogP contribution < -0.4 is 25.8 Å². The van der Waals surface area contributed by atoms with E-state index in [1.807, 2.05) is 25.4 Å². The van der Waals surface area contributed by atoms with Crippen LogP contribution in [0.15, 0.2) is 60.9 Å². The van der Waals surface area contributed by atoms with Crippen LogP contribution in [-0.2, 0) is 22.4 Å². The second kappa shape index (κ2) is 19.5. The number of halogens is 2. The Balaban J connectivity index is 0.000000888. The molecule has 0 bridgehead atoms. The summed E-state index contributed by atoms with van der Waals surface area (Å²) in [7, 11) is 6.62. The van der Waals surface area contributed by atoms with E-state index in [1.165, 1.54) is 54.6 Å². The van der Waals surface area contributed by atoms with Crippen molar-refractivity contribution in [1.29, 1.82) is 0 Å². The number of pyridine rings is 1. The number of nitrogens with one attached hydrogen (secondary N) is 3. The summed E-state index contributed by atoms with van der Waals surface area (Å²) in [6.45, 7) is 1.85. The Kier molecular flexibility index (Phi) is 13.7. The molecule has 2 aliphatic carbocycles. The molecule has 15 nitrogen and oxygen atoms in total. The van der Waals surface area contributed by atoms with Gasteiger partial charge in [-0.05, 0) is 105 Å². The van der Waals surface area contributed by atoms with Gasteiger partial charge in [-0.3, -0.25) is 19.5 Å². The van der Waals surface area contributed by atoms with Gasteiger partial charge in [-0.2, -0.15) is 0 Å². The number of aldehydes is 1. The lowest BCUT2D eigenvalue weighted by Gasteiger charge is -2.52. The molecule has 2 aliphatic heterocycles. The molecule has 0 unspecified atom stereocenters. The van der Waals surface area contributed by atoms with Gasteiger partial charge in [-0.25, -0.2) is 18.7 Å². The number of carbonyl (C=O) groups excluding carboxylic acids is 4. The molecule has 9 rings (SSSR count). The molecule has 5 heterocycles. The van der Waals surface area contributed by atoms with Gasteiger partial charge in [0.25, 0.3) is 11.8 Å². The van der Waals surface area contributed by atoms with Crippen molar-refractivity contribution in [1.82, 2.24) is 35.1 Å². The number of benzene rings is 2. The standard InChI is InChI=1S/C43H46ClFN10O4.C5H10O/c1-46-33-21-37(51-55-36(40(57)47-2)25-50-39(33)55)53-14-10-30-29(6-4-7-34(30)53)32-9-8-26(24-49-32)18-27-22-43(23-27)11-15-52(16-12-43)41(58)28-19-31(45)38(44)35(20-28)54(13-5-17-56)42(59)48-3;1-6-5-3-2-4-5/h4,6-9,17,19-21,24-25,27,46H,5,10-16,18,22-23H2,1-3H3,(H,47,57)(H,48,59);5H,2-4H2,1H3. The Morgan fingerprint density at radius 2 is 1.78 bits per heavy atom. The number of methoxy groups -OCH3 is 1. The van der Waals surface area contributed by atoms with Crippen LogP contribution in [0.25, 0.3) is 16.9 Å². The van der Waals surface area contributed by atoms with E-state index in [0.717, 1.165) is 73.8 Å². The topological polar surface area (TPSA) is 166 Å². The smallest absolute Gasteiger partial charge is 0.321 e. The normalized spacial score (nSPS) is 16.5. The van der Waals surface area contributed by atoms with Crippen molar-refractivity contribution in [2.75, 3.05) is 69.5 Å². The summed E-state index contributed by atoms with van der Waals surface area (Å²) in [5.41, 5.74) is 7.51. The molecule has 0 atom stereocenters. The van der Waals surface area contributed by atoms with Gasteiger partial charge >= 0.3 is 6.03 Å². The van der Waals surface area contributed by atoms with Gasteiger partial charge in [-0.1, -0.05) is 29.8 Å². The summed E-state index contributed by atoms with van der Waals surface area (Å²) in [6, 6.07) is 14.5. The van der Waals surface area contributed by atoms with Crippen LogP contribution in [0.4, 0.5) is 32.1 Å². The molecule has 1 spiro atoms. The average molecular weight is 907 g/mol. The molecule has 1 saturated heterocycles. The van der Waals surface area contributed by atoms with Gasteiger partial charge < -0.3 is 35.3 Å². The first-order valence-corrected chi connectivity index (χ1v) is 22.8. The summed E-state index contributed by atoms with van der Waals surface area (Å²) in [5.74, 6) is -0.132. The molecule has 2 aromatic carbocycles. The molecule has 3 N–H and O–H groups in total. The summed E-state index contributed by atoms with van der Waals surface area (Å²) in [5, 5.41) is 12.9. The molecule has 0 radical (unpaired) electrons.